The van der Waals surface area contributed by atoms with E-state index in [1.807, 2.05) is 0 Å². The number of nitrogens with two attached hydrogens (primary N) is 7. The molecular weight excluding hydrogens is 1790 g/mol. The van der Waals surface area contributed by atoms with Crippen LogP contribution in [0.3, 0.4) is 0 Å². The molecule has 0 spiro atoms. The first kappa shape index (κ1) is 122. The summed E-state index contributed by atoms with van der Waals surface area (Å²) in [6.07, 6.45) is 17.1. The van der Waals surface area contributed by atoms with Gasteiger partial charge in [0, 0.05) is 56.0 Å². The zero-order valence-electron chi connectivity index (χ0n) is 81.7. The predicted molar refractivity (Wildman–Crippen MR) is 514 cm³/mol. The number of unbranched alkanes of at least 4 members (excludes halogenated alkanes) is 16. The van der Waals surface area contributed by atoms with Gasteiger partial charge >= 0.3 is 0 Å². The summed E-state index contributed by atoms with van der Waals surface area (Å²) < 4.78 is 0. The van der Waals surface area contributed by atoms with Crippen molar-refractivity contribution in [1.29, 1.82) is 5.41 Å². The van der Waals surface area contributed by atoms with Crippen molar-refractivity contribution in [1.82, 2.24) is 105 Å². The third-order valence-corrected chi connectivity index (χ3v) is 22.7. The topological polar surface area (TPSA) is 807 Å². The maximum absolute atomic E-state index is 14.8. The molecule has 16 atom stereocenters. The van der Waals surface area contributed by atoms with Crippen LogP contribution in [-0.2, 0) is 94.3 Å². The predicted octanol–water partition coefficient (Wildman–Crippen LogP) is -4.69. The van der Waals surface area contributed by atoms with Crippen molar-refractivity contribution in [3.8, 4) is 0 Å². The van der Waals surface area contributed by atoms with Gasteiger partial charge in [0.2, 0.25) is 100 Å². The molecule has 782 valence electrons. The van der Waals surface area contributed by atoms with Gasteiger partial charge in [-0.3, -0.25) is 86.9 Å². The largest absolute Gasteiger partial charge is 0.394 e. The molecule has 0 saturated heterocycles. The number of hydrogen-bond donors (Lipinski definition) is 29. The Morgan fingerprint density at radius 2 is 0.696 bits per heavy atom. The number of nitrogens with one attached hydrogen (secondary N) is 19. The highest BCUT2D eigenvalue weighted by Crippen LogP contribution is 2.18. The van der Waals surface area contributed by atoms with Gasteiger partial charge in [0.1, 0.15) is 84.6 Å². The number of aromatic nitrogens is 4. The van der Waals surface area contributed by atoms with Crippen molar-refractivity contribution >= 4 is 106 Å². The first-order valence-electron chi connectivity index (χ1n) is 48.5. The maximum Gasteiger partial charge on any atom is 0.245 e. The van der Waals surface area contributed by atoms with E-state index >= 15 is 0 Å². The third kappa shape index (κ3) is 51.2. The molecule has 2 heterocycles. The summed E-state index contributed by atoms with van der Waals surface area (Å²) in [5.41, 5.74) is 40.7. The maximum atomic E-state index is 14.8. The molecule has 2 rings (SSSR count). The van der Waals surface area contributed by atoms with Crippen LogP contribution >= 0.6 is 0 Å². The number of guanidine groups is 1. The van der Waals surface area contributed by atoms with Gasteiger partial charge in [-0.25, -0.2) is 9.97 Å². The fourth-order valence-corrected chi connectivity index (χ4v) is 14.8. The summed E-state index contributed by atoms with van der Waals surface area (Å²) in [6, 6.07) is -21.2. The van der Waals surface area contributed by atoms with E-state index in [9.17, 15) is 96.8 Å². The smallest absolute Gasteiger partial charge is 0.245 e. The zero-order valence-corrected chi connectivity index (χ0v) is 81.7. The molecule has 138 heavy (non-hydrogen) atoms. The normalized spacial score (nSPS) is 14.8. The van der Waals surface area contributed by atoms with Crippen molar-refractivity contribution in [2.45, 2.75) is 364 Å². The third-order valence-electron chi connectivity index (χ3n) is 22.7. The number of imidazole rings is 2. The molecule has 0 bridgehead atoms. The minimum Gasteiger partial charge on any atom is -0.394 e. The van der Waals surface area contributed by atoms with E-state index in [4.69, 9.17) is 45.5 Å². The summed E-state index contributed by atoms with van der Waals surface area (Å²) in [5, 5.41) is 80.3. The lowest BCUT2D eigenvalue weighted by atomic mass is 10.0. The molecule has 17 amide bonds. The van der Waals surface area contributed by atoms with Gasteiger partial charge in [-0.1, -0.05) is 112 Å². The fourth-order valence-electron chi connectivity index (χ4n) is 14.8. The lowest BCUT2D eigenvalue weighted by molar-refractivity contribution is -0.138. The highest BCUT2D eigenvalue weighted by Gasteiger charge is 2.40. The van der Waals surface area contributed by atoms with Crippen LogP contribution in [0.25, 0.3) is 0 Å². The van der Waals surface area contributed by atoms with E-state index in [-0.39, 0.29) is 134 Å². The van der Waals surface area contributed by atoms with Gasteiger partial charge < -0.3 is 150 Å². The highest BCUT2D eigenvalue weighted by molar-refractivity contribution is 6.01. The van der Waals surface area contributed by atoms with Crippen LogP contribution in [-0.4, -0.2) is 284 Å². The lowest BCUT2D eigenvalue weighted by Gasteiger charge is -2.29. The number of primary amides is 2. The minimum atomic E-state index is -1.80. The molecule has 0 radical (unpaired) electrons. The summed E-state index contributed by atoms with van der Waals surface area (Å²) in [5.74, 6) is -17.1. The zero-order chi connectivity index (χ0) is 103. The Hall–Kier alpha value is -11.6. The van der Waals surface area contributed by atoms with Gasteiger partial charge in [0.15, 0.2) is 5.96 Å². The second-order valence-corrected chi connectivity index (χ2v) is 35.8. The second-order valence-electron chi connectivity index (χ2n) is 35.8. The van der Waals surface area contributed by atoms with Gasteiger partial charge in [0.05, 0.1) is 38.0 Å². The van der Waals surface area contributed by atoms with Crippen LogP contribution in [0.2, 0.25) is 0 Å². The Bertz CT molecular complexity index is 4030. The van der Waals surface area contributed by atoms with Gasteiger partial charge in [-0.2, -0.15) is 0 Å². The SMILES string of the molecule is CCCCCCCCCCCCCCCC(=O)N[C@@H](Cc1cnc[nH]1)C(=O)N[C@@H](CO)C(=O)N[C@@H](CCCCN)C(=O)NCC(=O)N[C@@H](Cc1cnc[nH]1)C(=O)N[C@@H](CCC(N)=O)C(=O)N[C@@H](CCCCN)C(=O)N[C@@H](CCCNC(=N)N)C(=O)N[C@@H](CCCCN)C(=O)N[C@@H](C)C(=O)N[C@@H](CC(C)C)C(=O)N[C@@H](CCCCN)C(=O)N[C@H](C(=O)N[C@H](C(=O)N[C@H](C(N)=O)C(C)C)[C@@H](C)O)[C@@H](C)O. The molecular formula is C90H162N28O20. The van der Waals surface area contributed by atoms with Crippen molar-refractivity contribution in [2.24, 2.45) is 52.0 Å². The Labute approximate surface area is 808 Å². The van der Waals surface area contributed by atoms with E-state index in [0.29, 0.717) is 37.8 Å². The first-order chi connectivity index (χ1) is 65.6. The monoisotopic (exact) mass is 1960 g/mol. The molecule has 0 aliphatic rings. The second kappa shape index (κ2) is 70.1. The number of amides is 17. The minimum absolute atomic E-state index is 0.0155. The standard InChI is InChI=1S/C90H162N28O20/c1-9-10-11-12-13-14-15-16-17-18-19-20-21-36-71(123)106-67(45-58-47-99-51-103-58)86(135)115-69(50-119)87(136)108-60(31-22-26-39-91)78(127)102-49-72(124)107-68(46-59-48-100-52-104-59)85(134)113-65(37-38-70(95)122)82(131)110-62(33-24-28-41-93)80(129)111-64(35-30-43-101-90(97)98)81(130)109-61(32-23-27-40-92)79(128)105-55(6)77(126)114-66(44-53(2)3)84(133)112-63(34-25-29-42-94)83(132)117-74(56(7)120)89(138)118-75(57(8)121)88(137)116-73(54(4)5)76(96)125/h47-48,51-57,60-69,73-75,119-121H,9-46,49-50,91-94H2,1-8H3,(H2,95,122)(H2,96,125)(H,99,103)(H,100,104)(H,102,127)(H,105,128)(H,106,123)(H,107,124)(H,108,136)(H,109,130)(H,110,131)(H,111,129)(H,112,133)(H,113,134)(H,114,126)(H,115,135)(H,116,137)(H,117,132)(H,118,138)(H4,97,98,101)/t55-,56+,57+,60-,61-,62-,63-,64-,65-,66-,67-,68-,69-,73-,74-,75-/m0/s1. The molecule has 2 aromatic rings. The number of aromatic amines is 2. The van der Waals surface area contributed by atoms with Crippen LogP contribution in [0.1, 0.15) is 266 Å². The van der Waals surface area contributed by atoms with E-state index in [1.54, 1.807) is 27.7 Å². The van der Waals surface area contributed by atoms with Crippen molar-refractivity contribution in [3.63, 3.8) is 0 Å². The first-order valence-corrected chi connectivity index (χ1v) is 48.5. The molecule has 2 aromatic heterocycles. The summed E-state index contributed by atoms with van der Waals surface area (Å²) >= 11 is 0. The van der Waals surface area contributed by atoms with E-state index in [1.165, 1.54) is 90.3 Å². The molecule has 0 fully saturated rings. The van der Waals surface area contributed by atoms with E-state index in [2.05, 4.69) is 112 Å². The van der Waals surface area contributed by atoms with Crippen LogP contribution in [0.15, 0.2) is 25.0 Å². The van der Waals surface area contributed by atoms with Crippen molar-refractivity contribution in [2.75, 3.05) is 45.9 Å². The van der Waals surface area contributed by atoms with Crippen molar-refractivity contribution < 1.29 is 96.8 Å². The highest BCUT2D eigenvalue weighted by atomic mass is 16.3. The summed E-state index contributed by atoms with van der Waals surface area (Å²) in [4.78, 5) is 251. The van der Waals surface area contributed by atoms with Crippen LogP contribution in [0.5, 0.6) is 0 Å². The molecule has 0 saturated carbocycles. The van der Waals surface area contributed by atoms with Crippen molar-refractivity contribution in [3.05, 3.63) is 36.4 Å². The number of aliphatic hydroxyl groups is 3. The van der Waals surface area contributed by atoms with Crippen LogP contribution < -0.4 is 125 Å². The summed E-state index contributed by atoms with van der Waals surface area (Å²) in [6.45, 7) is 11.3. The Balaban J connectivity index is 2.45. The van der Waals surface area contributed by atoms with E-state index < -0.39 is 235 Å². The number of nitrogens with zero attached hydrogens (tertiary/aromatic N) is 2. The Morgan fingerprint density at radius 3 is 1.07 bits per heavy atom. The fraction of sp³-hybridized carbons (Fsp3) is 0.733. The number of carbonyl (C=O) groups excluding carboxylic acids is 17. The number of aliphatic hydroxyl groups excluding tert-OH is 3. The molecule has 0 aliphatic heterocycles. The number of H-pyrrole nitrogens is 2. The number of rotatable bonds is 77. The Morgan fingerprint density at radius 1 is 0.355 bits per heavy atom. The quantitative estimate of drug-likeness (QED) is 0.0168. The Kier molecular flexibility index (Phi) is 62.2. The van der Waals surface area contributed by atoms with E-state index in [0.717, 1.165) is 32.6 Å². The molecule has 0 unspecified atom stereocenters. The number of hydrogen-bond acceptors (Lipinski definition) is 27. The molecule has 0 aromatic carbocycles. The molecule has 48 nitrogen and oxygen atoms in total. The van der Waals surface area contributed by atoms with Gasteiger partial charge in [-0.05, 0) is 168 Å². The average Bonchev–Trinajstić information content (AvgIpc) is 0.925. The van der Waals surface area contributed by atoms with Gasteiger partial charge in [0.25, 0.3) is 0 Å². The molecule has 36 N–H and O–H groups in total. The van der Waals surface area contributed by atoms with Crippen LogP contribution in [0.4, 0.5) is 0 Å². The summed E-state index contributed by atoms with van der Waals surface area (Å²) in [7, 11) is 0. The lowest BCUT2D eigenvalue weighted by Crippen LogP contribution is -2.63. The average molecular weight is 1960 g/mol. The van der Waals surface area contributed by atoms with Gasteiger partial charge in [-0.15, -0.1) is 0 Å². The number of carbonyl (C=O) groups is 17. The molecule has 48 heteroatoms. The molecule has 0 aliphatic carbocycles. The van der Waals surface area contributed by atoms with Crippen LogP contribution in [0, 0.1) is 17.2 Å².